The second-order valence-corrected chi connectivity index (χ2v) is 5.91. The molecule has 112 valence electrons. The van der Waals surface area contributed by atoms with Gasteiger partial charge in [0, 0.05) is 13.2 Å². The Labute approximate surface area is 121 Å². The van der Waals surface area contributed by atoms with Crippen molar-refractivity contribution in [2.24, 2.45) is 0 Å². The Hall–Kier alpha value is -1.55. The van der Waals surface area contributed by atoms with E-state index in [9.17, 15) is 4.79 Å². The van der Waals surface area contributed by atoms with Crippen molar-refractivity contribution < 1.29 is 14.6 Å². The third-order valence-corrected chi connectivity index (χ3v) is 3.02. The number of rotatable bonds is 6. The summed E-state index contributed by atoms with van der Waals surface area (Å²) in [7, 11) is 0. The first-order chi connectivity index (χ1) is 9.34. The molecule has 4 nitrogen and oxygen atoms in total. The lowest BCUT2D eigenvalue weighted by molar-refractivity contribution is -0.127. The van der Waals surface area contributed by atoms with E-state index in [1.807, 2.05) is 18.2 Å². The maximum absolute atomic E-state index is 11.8. The molecule has 0 radical (unpaired) electrons. The zero-order chi connectivity index (χ0) is 15.2. The number of aliphatic hydroxyl groups is 1. The van der Waals surface area contributed by atoms with Crippen LogP contribution in [0.1, 0.15) is 39.7 Å². The molecule has 0 saturated heterocycles. The molecule has 0 heterocycles. The lowest BCUT2D eigenvalue weighted by atomic mass is 9.87. The Kier molecular flexibility index (Phi) is 6.02. The topological polar surface area (TPSA) is 58.6 Å². The van der Waals surface area contributed by atoms with Crippen molar-refractivity contribution in [3.8, 4) is 5.75 Å². The smallest absolute Gasteiger partial charge is 0.260 e. The minimum Gasteiger partial charge on any atom is -0.481 e. The van der Waals surface area contributed by atoms with Gasteiger partial charge in [-0.1, -0.05) is 32.9 Å². The Morgan fingerprint density at radius 2 is 2.10 bits per heavy atom. The molecule has 2 N–H and O–H groups in total. The van der Waals surface area contributed by atoms with E-state index >= 15 is 0 Å². The third kappa shape index (κ3) is 5.21. The van der Waals surface area contributed by atoms with Gasteiger partial charge in [-0.25, -0.2) is 0 Å². The number of ether oxygens (including phenoxy) is 1. The van der Waals surface area contributed by atoms with Crippen molar-refractivity contribution in [2.45, 2.75) is 45.6 Å². The molecule has 20 heavy (non-hydrogen) atoms. The number of carbonyl (C=O) groups is 1. The molecule has 0 aromatic heterocycles. The normalized spacial score (nSPS) is 12.8. The van der Waals surface area contributed by atoms with E-state index in [2.05, 4.69) is 32.2 Å². The minimum absolute atomic E-state index is 0.0476. The van der Waals surface area contributed by atoms with E-state index in [0.717, 1.165) is 0 Å². The summed E-state index contributed by atoms with van der Waals surface area (Å²) in [5.74, 6) is 0.529. The molecule has 0 bridgehead atoms. The van der Waals surface area contributed by atoms with Gasteiger partial charge in [-0.05, 0) is 36.5 Å². The Balaban J connectivity index is 2.62. The molecule has 1 amide bonds. The van der Waals surface area contributed by atoms with Gasteiger partial charge in [-0.2, -0.15) is 0 Å². The fraction of sp³-hybridized carbons (Fsp3) is 0.562. The number of aliphatic hydroxyl groups excluding tert-OH is 1. The largest absolute Gasteiger partial charge is 0.481 e. The highest BCUT2D eigenvalue weighted by atomic mass is 16.5. The molecule has 0 aliphatic rings. The van der Waals surface area contributed by atoms with Crippen molar-refractivity contribution in [3.05, 3.63) is 29.8 Å². The van der Waals surface area contributed by atoms with Gasteiger partial charge in [0.1, 0.15) is 5.75 Å². The van der Waals surface area contributed by atoms with Crippen LogP contribution < -0.4 is 10.1 Å². The summed E-state index contributed by atoms with van der Waals surface area (Å²) >= 11 is 0. The second-order valence-electron chi connectivity index (χ2n) is 5.91. The van der Waals surface area contributed by atoms with Gasteiger partial charge in [0.15, 0.2) is 6.10 Å². The molecule has 0 aliphatic carbocycles. The highest BCUT2D eigenvalue weighted by Crippen LogP contribution is 2.26. The first kappa shape index (κ1) is 16.5. The molecule has 1 atom stereocenters. The predicted molar refractivity (Wildman–Crippen MR) is 79.9 cm³/mol. The monoisotopic (exact) mass is 279 g/mol. The van der Waals surface area contributed by atoms with Crippen LogP contribution >= 0.6 is 0 Å². The quantitative estimate of drug-likeness (QED) is 0.785. The van der Waals surface area contributed by atoms with Crippen LogP contribution in [0.25, 0.3) is 0 Å². The van der Waals surface area contributed by atoms with Crippen LogP contribution in [-0.4, -0.2) is 30.3 Å². The van der Waals surface area contributed by atoms with E-state index in [4.69, 9.17) is 9.84 Å². The van der Waals surface area contributed by atoms with Crippen molar-refractivity contribution >= 4 is 5.91 Å². The average molecular weight is 279 g/mol. The molecular weight excluding hydrogens is 254 g/mol. The summed E-state index contributed by atoms with van der Waals surface area (Å²) in [5, 5.41) is 11.4. The van der Waals surface area contributed by atoms with E-state index in [1.165, 1.54) is 5.56 Å². The summed E-state index contributed by atoms with van der Waals surface area (Å²) < 4.78 is 5.67. The summed E-state index contributed by atoms with van der Waals surface area (Å²) in [4.78, 5) is 11.8. The van der Waals surface area contributed by atoms with Crippen LogP contribution in [0.4, 0.5) is 0 Å². The van der Waals surface area contributed by atoms with E-state index in [1.54, 1.807) is 6.92 Å². The fourth-order valence-corrected chi connectivity index (χ4v) is 1.73. The van der Waals surface area contributed by atoms with Gasteiger partial charge in [0.05, 0.1) is 0 Å². The molecule has 0 fully saturated rings. The SMILES string of the molecule is CC(Oc1cccc(C(C)(C)C)c1)C(=O)NCCCO. The van der Waals surface area contributed by atoms with Crippen LogP contribution in [0.15, 0.2) is 24.3 Å². The number of hydrogen-bond donors (Lipinski definition) is 2. The van der Waals surface area contributed by atoms with Gasteiger partial charge in [-0.15, -0.1) is 0 Å². The van der Waals surface area contributed by atoms with Crippen molar-refractivity contribution in [2.75, 3.05) is 13.2 Å². The van der Waals surface area contributed by atoms with Crippen LogP contribution in [0.3, 0.4) is 0 Å². The number of hydrogen-bond acceptors (Lipinski definition) is 3. The zero-order valence-corrected chi connectivity index (χ0v) is 12.8. The Morgan fingerprint density at radius 3 is 2.70 bits per heavy atom. The number of amides is 1. The molecule has 0 spiro atoms. The Morgan fingerprint density at radius 1 is 1.40 bits per heavy atom. The third-order valence-electron chi connectivity index (χ3n) is 3.02. The van der Waals surface area contributed by atoms with E-state index in [-0.39, 0.29) is 17.9 Å². The molecule has 1 aromatic carbocycles. The first-order valence-electron chi connectivity index (χ1n) is 7.00. The second kappa shape index (κ2) is 7.29. The van der Waals surface area contributed by atoms with Crippen LogP contribution in [0.2, 0.25) is 0 Å². The molecule has 0 aliphatic heterocycles. The highest BCUT2D eigenvalue weighted by molar-refractivity contribution is 5.80. The zero-order valence-electron chi connectivity index (χ0n) is 12.8. The first-order valence-corrected chi connectivity index (χ1v) is 7.00. The molecular formula is C16H25NO3. The van der Waals surface area contributed by atoms with Crippen molar-refractivity contribution in [1.29, 1.82) is 0 Å². The van der Waals surface area contributed by atoms with Crippen LogP contribution in [0, 0.1) is 0 Å². The molecule has 1 rings (SSSR count). The van der Waals surface area contributed by atoms with Gasteiger partial charge < -0.3 is 15.2 Å². The van der Waals surface area contributed by atoms with Gasteiger partial charge in [0.25, 0.3) is 5.91 Å². The lowest BCUT2D eigenvalue weighted by Crippen LogP contribution is -2.37. The van der Waals surface area contributed by atoms with Gasteiger partial charge in [0.2, 0.25) is 0 Å². The van der Waals surface area contributed by atoms with E-state index < -0.39 is 6.10 Å². The summed E-state index contributed by atoms with van der Waals surface area (Å²) in [5.41, 5.74) is 1.22. The highest BCUT2D eigenvalue weighted by Gasteiger charge is 2.17. The van der Waals surface area contributed by atoms with Crippen LogP contribution in [-0.2, 0) is 10.2 Å². The number of carbonyl (C=O) groups excluding carboxylic acids is 1. The maximum Gasteiger partial charge on any atom is 0.260 e. The van der Waals surface area contributed by atoms with E-state index in [0.29, 0.717) is 18.7 Å². The van der Waals surface area contributed by atoms with Crippen LogP contribution in [0.5, 0.6) is 5.75 Å². The molecule has 4 heteroatoms. The summed E-state index contributed by atoms with van der Waals surface area (Å²) in [6.45, 7) is 8.66. The average Bonchev–Trinajstić information content (AvgIpc) is 2.38. The van der Waals surface area contributed by atoms with Gasteiger partial charge in [-0.3, -0.25) is 4.79 Å². The number of nitrogens with one attached hydrogen (secondary N) is 1. The number of benzene rings is 1. The summed E-state index contributed by atoms with van der Waals surface area (Å²) in [6.07, 6.45) is 0.00161. The van der Waals surface area contributed by atoms with Crippen molar-refractivity contribution in [3.63, 3.8) is 0 Å². The molecule has 1 aromatic rings. The van der Waals surface area contributed by atoms with Crippen molar-refractivity contribution in [1.82, 2.24) is 5.32 Å². The Bertz CT molecular complexity index is 438. The fourth-order valence-electron chi connectivity index (χ4n) is 1.73. The minimum atomic E-state index is -0.552. The van der Waals surface area contributed by atoms with Gasteiger partial charge >= 0.3 is 0 Å². The molecule has 1 unspecified atom stereocenters. The maximum atomic E-state index is 11.8. The molecule has 0 saturated carbocycles. The predicted octanol–water partition coefficient (Wildman–Crippen LogP) is 2.25. The summed E-state index contributed by atoms with van der Waals surface area (Å²) in [6, 6.07) is 7.81. The lowest BCUT2D eigenvalue weighted by Gasteiger charge is -2.21. The standard InChI is InChI=1S/C16H25NO3/c1-12(15(19)17-9-6-10-18)20-14-8-5-7-13(11-14)16(2,3)4/h5,7-8,11-12,18H,6,9-10H2,1-4H3,(H,17,19).